The molecule has 4 amide bonds. The van der Waals surface area contributed by atoms with Crippen molar-refractivity contribution in [1.82, 2.24) is 25.4 Å². The van der Waals surface area contributed by atoms with Crippen LogP contribution in [0.2, 0.25) is 0 Å². The number of imide groups is 1. The van der Waals surface area contributed by atoms with Gasteiger partial charge in [-0.05, 0) is 106 Å². The van der Waals surface area contributed by atoms with Gasteiger partial charge in [-0.1, -0.05) is 13.0 Å². The molecule has 9 rings (SSSR count). The van der Waals surface area contributed by atoms with Crippen LogP contribution in [0.5, 0.6) is 0 Å². The first-order chi connectivity index (χ1) is 31.3. The fourth-order valence-corrected chi connectivity index (χ4v) is 10.9. The monoisotopic (exact) mass is 890 g/mol. The molecule has 342 valence electrons. The number of anilines is 3. The van der Waals surface area contributed by atoms with Crippen LogP contribution in [0, 0.1) is 35.3 Å². The zero-order chi connectivity index (χ0) is 45.6. The van der Waals surface area contributed by atoms with Gasteiger partial charge >= 0.3 is 0 Å². The number of hydrogen-bond donors (Lipinski definition) is 5. The van der Waals surface area contributed by atoms with Gasteiger partial charge in [0.2, 0.25) is 23.7 Å². The van der Waals surface area contributed by atoms with E-state index in [4.69, 9.17) is 10.1 Å². The third-order valence-electron chi connectivity index (χ3n) is 14.2. The van der Waals surface area contributed by atoms with Gasteiger partial charge in [-0.3, -0.25) is 34.4 Å². The number of benzene rings is 2. The van der Waals surface area contributed by atoms with Crippen molar-refractivity contribution in [2.24, 2.45) is 16.3 Å². The summed E-state index contributed by atoms with van der Waals surface area (Å²) in [4.78, 5) is 67.7. The van der Waals surface area contributed by atoms with E-state index in [1.54, 1.807) is 26.1 Å². The number of piperazine rings is 1. The number of ether oxygens (including phenoxy) is 1. The van der Waals surface area contributed by atoms with Crippen LogP contribution in [0.1, 0.15) is 104 Å². The van der Waals surface area contributed by atoms with Crippen molar-refractivity contribution in [3.63, 3.8) is 0 Å². The number of aliphatic imine (C=N–C) groups is 1. The van der Waals surface area contributed by atoms with Gasteiger partial charge in [0.15, 0.2) is 5.88 Å². The molecule has 5 N–H and O–H groups in total. The average molecular weight is 891 g/mol. The Morgan fingerprint density at radius 2 is 1.75 bits per heavy atom. The third-order valence-corrected chi connectivity index (χ3v) is 14.2. The van der Waals surface area contributed by atoms with E-state index in [1.807, 2.05) is 11.0 Å². The Kier molecular flexibility index (Phi) is 11.9. The lowest BCUT2D eigenvalue weighted by Gasteiger charge is -2.39. The molecule has 5 heterocycles. The summed E-state index contributed by atoms with van der Waals surface area (Å²) in [5, 5.41) is 20.2. The Bertz CT molecular complexity index is 2490. The number of nitrogens with one attached hydrogen (secondary N) is 5. The largest absolute Gasteiger partial charge is 0.479 e. The van der Waals surface area contributed by atoms with Gasteiger partial charge in [0.25, 0.3) is 5.91 Å². The van der Waals surface area contributed by atoms with E-state index in [0.29, 0.717) is 112 Å². The van der Waals surface area contributed by atoms with Crippen molar-refractivity contribution in [2.75, 3.05) is 61.9 Å². The number of guanidine groups is 1. The fraction of sp³-hybridized carbons (Fsp3) is 0.479. The SMILES string of the molecule is CN/C1=C(\C=N)c2cc(cc(C)n2)C(=O)/N=C2\Nc3ccc(CN4CCN(C(=O)C56CCC(Nc7cc(F)c([C@H]8CCC(=O)NC8=O)c(F)c7)(CC5)C6)CC4)cc3N2C[C@H](C)CCCO1. The van der Waals surface area contributed by atoms with Crippen LogP contribution in [0.15, 0.2) is 53.3 Å². The van der Waals surface area contributed by atoms with E-state index < -0.39 is 46.2 Å². The molecule has 15 nitrogen and oxygen atoms in total. The maximum absolute atomic E-state index is 15.4. The highest BCUT2D eigenvalue weighted by molar-refractivity contribution is 6.19. The van der Waals surface area contributed by atoms with E-state index in [1.165, 1.54) is 18.3 Å². The molecule has 4 aliphatic heterocycles. The highest BCUT2D eigenvalue weighted by atomic mass is 19.1. The predicted octanol–water partition coefficient (Wildman–Crippen LogP) is 6.06. The molecule has 0 unspecified atom stereocenters. The van der Waals surface area contributed by atoms with Gasteiger partial charge in [-0.25, -0.2) is 8.78 Å². The standard InChI is InChI=1S/C48H56F2N10O5/c1-28-5-4-18-65-44(52-3)34(24-51)38-21-31(19-29(2)53-38)42(62)56-46-54-37-8-6-30(20-39(37)60(46)25-28)26-58-14-16-59(17-15-58)45(64)47-10-12-48(27-47,13-11-47)57-32-22-35(49)41(36(50)23-32)33-7-9-40(61)55-43(33)63/h6,8,19-24,28,33,51-52,57H,4-5,7,9-18,25-27H2,1-3H3,(H,54,56,62)(H,55,61,63)/b44-34-,51-24?/t28-,33-,47?,48?/m1/s1. The molecule has 2 aromatic carbocycles. The zero-order valence-corrected chi connectivity index (χ0v) is 37.1. The summed E-state index contributed by atoms with van der Waals surface area (Å²) >= 11 is 0. The van der Waals surface area contributed by atoms with Gasteiger partial charge in [-0.2, -0.15) is 4.99 Å². The number of fused-ring (bicyclic) bond motifs is 7. The smallest absolute Gasteiger partial charge is 0.280 e. The molecule has 2 saturated carbocycles. The lowest BCUT2D eigenvalue weighted by molar-refractivity contribution is -0.143. The Balaban J connectivity index is 0.844. The van der Waals surface area contributed by atoms with Crippen molar-refractivity contribution < 1.29 is 32.7 Å². The number of rotatable bonds is 8. The molecule has 3 aromatic rings. The predicted molar refractivity (Wildman–Crippen MR) is 242 cm³/mol. The van der Waals surface area contributed by atoms with E-state index in [9.17, 15) is 19.2 Å². The maximum atomic E-state index is 15.4. The molecule has 65 heavy (non-hydrogen) atoms. The van der Waals surface area contributed by atoms with Crippen molar-refractivity contribution in [3.8, 4) is 0 Å². The third kappa shape index (κ3) is 8.69. The molecular weight excluding hydrogens is 835 g/mol. The summed E-state index contributed by atoms with van der Waals surface area (Å²) < 4.78 is 36.9. The minimum Gasteiger partial charge on any atom is -0.479 e. The normalized spacial score (nSPS) is 27.9. The number of hydrogen-bond acceptors (Lipinski definition) is 12. The molecular formula is C48H56F2N10O5. The maximum Gasteiger partial charge on any atom is 0.280 e. The van der Waals surface area contributed by atoms with Crippen LogP contribution < -0.4 is 26.2 Å². The Morgan fingerprint density at radius 1 is 1.00 bits per heavy atom. The van der Waals surface area contributed by atoms with E-state index in [2.05, 4.69) is 60.1 Å². The number of halogens is 2. The van der Waals surface area contributed by atoms with Gasteiger partial charge in [0, 0.05) is 87.0 Å². The van der Waals surface area contributed by atoms with Gasteiger partial charge in [0.05, 0.1) is 40.6 Å². The fourth-order valence-electron chi connectivity index (χ4n) is 10.9. The lowest BCUT2D eigenvalue weighted by Crippen LogP contribution is -2.52. The molecule has 2 saturated heterocycles. The Morgan fingerprint density at radius 3 is 2.46 bits per heavy atom. The molecule has 2 atom stereocenters. The summed E-state index contributed by atoms with van der Waals surface area (Å²) in [7, 11) is 1.74. The first kappa shape index (κ1) is 44.0. The van der Waals surface area contributed by atoms with Crippen LogP contribution in [0.4, 0.5) is 25.8 Å². The molecule has 0 radical (unpaired) electrons. The second-order valence-corrected chi connectivity index (χ2v) is 18.7. The van der Waals surface area contributed by atoms with E-state index >= 15 is 8.78 Å². The van der Waals surface area contributed by atoms with E-state index in [0.717, 1.165) is 29.8 Å². The number of aryl methyl sites for hydroxylation is 1. The molecule has 6 aliphatic rings. The summed E-state index contributed by atoms with van der Waals surface area (Å²) in [5.74, 6) is -3.01. The summed E-state index contributed by atoms with van der Waals surface area (Å²) in [6.45, 7) is 8.35. The quantitative estimate of drug-likeness (QED) is 0.131. The van der Waals surface area contributed by atoms with Gasteiger partial charge < -0.3 is 35.9 Å². The molecule has 4 fully saturated rings. The molecule has 0 spiro atoms. The lowest BCUT2D eigenvalue weighted by atomic mass is 9.82. The van der Waals surface area contributed by atoms with Crippen LogP contribution in [0.25, 0.3) is 5.57 Å². The highest BCUT2D eigenvalue weighted by Crippen LogP contribution is 2.58. The molecule has 1 aromatic heterocycles. The number of pyridine rings is 1. The molecule has 17 heteroatoms. The van der Waals surface area contributed by atoms with Crippen LogP contribution in [-0.2, 0) is 25.7 Å². The van der Waals surface area contributed by atoms with Gasteiger partial charge in [0.1, 0.15) is 11.6 Å². The number of allylic oxidation sites excluding steroid dienone is 1. The van der Waals surface area contributed by atoms with Crippen LogP contribution in [-0.4, -0.2) is 103 Å². The second-order valence-electron chi connectivity index (χ2n) is 18.7. The van der Waals surface area contributed by atoms with E-state index in [-0.39, 0.29) is 35.9 Å². The topological polar surface area (TPSA) is 184 Å². The van der Waals surface area contributed by atoms with Crippen molar-refractivity contribution in [1.29, 1.82) is 5.41 Å². The second kappa shape index (κ2) is 17.6. The average Bonchev–Trinajstić information content (AvgIpc) is 3.94. The van der Waals surface area contributed by atoms with Crippen LogP contribution in [0.3, 0.4) is 0 Å². The van der Waals surface area contributed by atoms with Crippen LogP contribution >= 0.6 is 0 Å². The van der Waals surface area contributed by atoms with Crippen molar-refractivity contribution in [3.05, 3.63) is 88.1 Å². The first-order valence-corrected chi connectivity index (χ1v) is 22.7. The number of piperidine rings is 1. The van der Waals surface area contributed by atoms with Gasteiger partial charge in [-0.15, -0.1) is 0 Å². The minimum absolute atomic E-state index is 0.0236. The zero-order valence-electron chi connectivity index (χ0n) is 37.1. The molecule has 2 aliphatic carbocycles. The van der Waals surface area contributed by atoms with Crippen molar-refractivity contribution in [2.45, 2.75) is 89.6 Å². The van der Waals surface area contributed by atoms with Crippen molar-refractivity contribution >= 4 is 58.4 Å². The Hall–Kier alpha value is -6.23. The molecule has 4 bridgehead atoms. The summed E-state index contributed by atoms with van der Waals surface area (Å²) in [6.07, 6.45) is 6.31. The first-order valence-electron chi connectivity index (χ1n) is 22.7. The number of carbonyl (C=O) groups is 4. The summed E-state index contributed by atoms with van der Waals surface area (Å²) in [6, 6.07) is 12.1. The Labute approximate surface area is 377 Å². The number of aromatic nitrogens is 1. The highest BCUT2D eigenvalue weighted by Gasteiger charge is 2.59. The number of amides is 4. The minimum atomic E-state index is -1.06. The summed E-state index contributed by atoms with van der Waals surface area (Å²) in [5.41, 5.74) is 3.77. The number of nitrogens with zero attached hydrogens (tertiary/aromatic N) is 5. The number of carbonyl (C=O) groups excluding carboxylic acids is 4.